The van der Waals surface area contributed by atoms with Crippen molar-refractivity contribution in [1.29, 1.82) is 0 Å². The molecule has 1 aromatic heterocycles. The second-order valence-corrected chi connectivity index (χ2v) is 7.81. The van der Waals surface area contributed by atoms with Crippen LogP contribution < -0.4 is 5.32 Å². The number of thiophene rings is 1. The van der Waals surface area contributed by atoms with Gasteiger partial charge in [0.1, 0.15) is 0 Å². The van der Waals surface area contributed by atoms with Crippen LogP contribution in [-0.4, -0.2) is 23.3 Å². The Morgan fingerprint density at radius 3 is 2.50 bits per heavy atom. The second kappa shape index (κ2) is 9.57. The van der Waals surface area contributed by atoms with E-state index in [-0.39, 0.29) is 12.5 Å². The smallest absolute Gasteiger partial charge is 0.220 e. The molecule has 26 heavy (non-hydrogen) atoms. The Morgan fingerprint density at radius 1 is 1.04 bits per heavy atom. The number of hydrogen-bond acceptors (Lipinski definition) is 4. The van der Waals surface area contributed by atoms with E-state index in [1.54, 1.807) is 23.1 Å². The summed E-state index contributed by atoms with van der Waals surface area (Å²) in [5, 5.41) is 17.2. The predicted molar refractivity (Wildman–Crippen MR) is 110 cm³/mol. The van der Waals surface area contributed by atoms with Crippen LogP contribution in [0.15, 0.2) is 76.3 Å². The summed E-state index contributed by atoms with van der Waals surface area (Å²) in [5.74, 6) is 0.684. The van der Waals surface area contributed by atoms with Crippen molar-refractivity contribution in [3.63, 3.8) is 0 Å². The number of thioether (sulfide) groups is 1. The van der Waals surface area contributed by atoms with Crippen LogP contribution in [0.3, 0.4) is 0 Å². The van der Waals surface area contributed by atoms with Crippen molar-refractivity contribution < 1.29 is 9.90 Å². The van der Waals surface area contributed by atoms with Gasteiger partial charge in [0, 0.05) is 23.6 Å². The van der Waals surface area contributed by atoms with E-state index < -0.39 is 6.10 Å². The minimum Gasteiger partial charge on any atom is -0.387 e. The van der Waals surface area contributed by atoms with E-state index in [0.717, 1.165) is 21.8 Å². The van der Waals surface area contributed by atoms with Crippen LogP contribution in [0.2, 0.25) is 0 Å². The molecule has 1 unspecified atom stereocenters. The molecular formula is C21H21NO2S2. The lowest BCUT2D eigenvalue weighted by atomic mass is 10.0. The lowest BCUT2D eigenvalue weighted by Crippen LogP contribution is -2.28. The number of benzene rings is 2. The van der Waals surface area contributed by atoms with Gasteiger partial charge in [0.05, 0.1) is 6.10 Å². The largest absolute Gasteiger partial charge is 0.387 e. The molecule has 0 saturated carbocycles. The molecule has 0 bridgehead atoms. The van der Waals surface area contributed by atoms with E-state index in [1.807, 2.05) is 60.0 Å². The molecule has 1 amide bonds. The van der Waals surface area contributed by atoms with Crippen LogP contribution >= 0.6 is 23.1 Å². The van der Waals surface area contributed by atoms with Gasteiger partial charge in [0.15, 0.2) is 0 Å². The normalized spacial score (nSPS) is 11.9. The third kappa shape index (κ3) is 5.46. The topological polar surface area (TPSA) is 49.3 Å². The summed E-state index contributed by atoms with van der Waals surface area (Å²) in [6.45, 7) is 0.229. The maximum Gasteiger partial charge on any atom is 0.220 e. The van der Waals surface area contributed by atoms with Crippen molar-refractivity contribution in [2.75, 3.05) is 12.3 Å². The first-order valence-corrected chi connectivity index (χ1v) is 10.4. The Morgan fingerprint density at radius 2 is 1.81 bits per heavy atom. The van der Waals surface area contributed by atoms with Crippen molar-refractivity contribution in [1.82, 2.24) is 5.32 Å². The number of aliphatic hydroxyl groups excluding tert-OH is 1. The SMILES string of the molecule is O=C(CCSc1ccccc1)NCC(O)c1ccc(-c2ccsc2)cc1. The highest BCUT2D eigenvalue weighted by Gasteiger charge is 2.10. The molecule has 0 spiro atoms. The van der Waals surface area contributed by atoms with E-state index >= 15 is 0 Å². The molecule has 2 N–H and O–H groups in total. The average molecular weight is 384 g/mol. The van der Waals surface area contributed by atoms with Crippen LogP contribution in [0, 0.1) is 0 Å². The highest BCUT2D eigenvalue weighted by Crippen LogP contribution is 2.24. The molecule has 1 heterocycles. The number of carbonyl (C=O) groups excluding carboxylic acids is 1. The van der Waals surface area contributed by atoms with Crippen molar-refractivity contribution in [3.8, 4) is 11.1 Å². The fourth-order valence-electron chi connectivity index (χ4n) is 2.52. The number of hydrogen-bond donors (Lipinski definition) is 2. The van der Waals surface area contributed by atoms with E-state index in [9.17, 15) is 9.90 Å². The average Bonchev–Trinajstić information content (AvgIpc) is 3.22. The van der Waals surface area contributed by atoms with Gasteiger partial charge in [0.2, 0.25) is 5.91 Å². The highest BCUT2D eigenvalue weighted by molar-refractivity contribution is 7.99. The first-order valence-electron chi connectivity index (χ1n) is 8.47. The lowest BCUT2D eigenvalue weighted by Gasteiger charge is -2.13. The molecule has 3 rings (SSSR count). The van der Waals surface area contributed by atoms with Gasteiger partial charge < -0.3 is 10.4 Å². The maximum absolute atomic E-state index is 11.9. The summed E-state index contributed by atoms with van der Waals surface area (Å²) >= 11 is 3.32. The van der Waals surface area contributed by atoms with Crippen LogP contribution in [-0.2, 0) is 4.79 Å². The summed E-state index contributed by atoms with van der Waals surface area (Å²) in [4.78, 5) is 13.1. The molecule has 0 aliphatic rings. The van der Waals surface area contributed by atoms with E-state index in [2.05, 4.69) is 16.8 Å². The summed E-state index contributed by atoms with van der Waals surface area (Å²) < 4.78 is 0. The minimum atomic E-state index is -0.697. The van der Waals surface area contributed by atoms with Gasteiger partial charge in [-0.05, 0) is 45.6 Å². The Balaban J connectivity index is 1.41. The van der Waals surface area contributed by atoms with Crippen molar-refractivity contribution in [2.45, 2.75) is 17.4 Å². The number of aliphatic hydroxyl groups is 1. The first-order chi connectivity index (χ1) is 12.7. The van der Waals surface area contributed by atoms with Gasteiger partial charge in [0.25, 0.3) is 0 Å². The molecule has 134 valence electrons. The van der Waals surface area contributed by atoms with Crippen LogP contribution in [0.5, 0.6) is 0 Å². The molecule has 0 aliphatic heterocycles. The molecule has 0 radical (unpaired) electrons. The first kappa shape index (κ1) is 18.7. The van der Waals surface area contributed by atoms with Gasteiger partial charge in [-0.25, -0.2) is 0 Å². The fourth-order valence-corrected chi connectivity index (χ4v) is 4.06. The molecule has 0 fully saturated rings. The molecule has 5 heteroatoms. The van der Waals surface area contributed by atoms with Crippen molar-refractivity contribution in [3.05, 3.63) is 77.0 Å². The van der Waals surface area contributed by atoms with E-state index in [1.165, 1.54) is 5.56 Å². The number of nitrogens with one attached hydrogen (secondary N) is 1. The molecule has 2 aromatic carbocycles. The molecule has 1 atom stereocenters. The Bertz CT molecular complexity index is 802. The lowest BCUT2D eigenvalue weighted by molar-refractivity contribution is -0.121. The van der Waals surface area contributed by atoms with Crippen LogP contribution in [0.25, 0.3) is 11.1 Å². The van der Waals surface area contributed by atoms with Gasteiger partial charge in [-0.15, -0.1) is 11.8 Å². The van der Waals surface area contributed by atoms with Gasteiger partial charge in [-0.1, -0.05) is 42.5 Å². The zero-order chi connectivity index (χ0) is 18.2. The van der Waals surface area contributed by atoms with Crippen molar-refractivity contribution in [2.24, 2.45) is 0 Å². The summed E-state index contributed by atoms with van der Waals surface area (Å²) in [6, 6.07) is 19.9. The highest BCUT2D eigenvalue weighted by atomic mass is 32.2. The maximum atomic E-state index is 11.9. The number of rotatable bonds is 8. The second-order valence-electron chi connectivity index (χ2n) is 5.87. The van der Waals surface area contributed by atoms with Crippen molar-refractivity contribution >= 4 is 29.0 Å². The summed E-state index contributed by atoms with van der Waals surface area (Å²) in [5.41, 5.74) is 3.12. The quantitative estimate of drug-likeness (QED) is 0.552. The van der Waals surface area contributed by atoms with Gasteiger partial charge >= 0.3 is 0 Å². The van der Waals surface area contributed by atoms with Crippen LogP contribution in [0.4, 0.5) is 0 Å². The van der Waals surface area contributed by atoms with Crippen LogP contribution in [0.1, 0.15) is 18.1 Å². The third-order valence-corrected chi connectivity index (χ3v) is 5.68. The molecule has 0 saturated heterocycles. The van der Waals surface area contributed by atoms with E-state index in [4.69, 9.17) is 0 Å². The molecule has 0 aliphatic carbocycles. The summed E-state index contributed by atoms with van der Waals surface area (Å²) in [6.07, 6.45) is -0.263. The van der Waals surface area contributed by atoms with Gasteiger partial charge in [-0.3, -0.25) is 4.79 Å². The Hall–Kier alpha value is -2.08. The number of amides is 1. The standard InChI is InChI=1S/C21H21NO2S2/c23-20(17-8-6-16(7-9-17)18-10-12-25-15-18)14-22-21(24)11-13-26-19-4-2-1-3-5-19/h1-10,12,15,20,23H,11,13-14H2,(H,22,24). The zero-order valence-electron chi connectivity index (χ0n) is 14.3. The molecule has 3 aromatic rings. The molecule has 3 nitrogen and oxygen atoms in total. The Kier molecular flexibility index (Phi) is 6.89. The van der Waals surface area contributed by atoms with Gasteiger partial charge in [-0.2, -0.15) is 11.3 Å². The minimum absolute atomic E-state index is 0.0395. The fraction of sp³-hybridized carbons (Fsp3) is 0.190. The third-order valence-electron chi connectivity index (χ3n) is 3.98. The summed E-state index contributed by atoms with van der Waals surface area (Å²) in [7, 11) is 0. The monoisotopic (exact) mass is 383 g/mol. The number of carbonyl (C=O) groups is 1. The zero-order valence-corrected chi connectivity index (χ0v) is 15.9. The van der Waals surface area contributed by atoms with E-state index in [0.29, 0.717) is 6.42 Å². The Labute approximate surface area is 162 Å². The molecular weight excluding hydrogens is 362 g/mol. The predicted octanol–water partition coefficient (Wildman–Crippen LogP) is 4.75.